The van der Waals surface area contributed by atoms with Crippen LogP contribution >= 0.6 is 0 Å². The fraction of sp³-hybridized carbons (Fsp3) is 0. The van der Waals surface area contributed by atoms with Gasteiger partial charge in [-0.3, -0.25) is 0 Å². The van der Waals surface area contributed by atoms with Crippen LogP contribution in [0.4, 0.5) is 0 Å². The van der Waals surface area contributed by atoms with E-state index in [2.05, 4.69) is 0 Å². The van der Waals surface area contributed by atoms with Gasteiger partial charge in [0, 0.05) is 93.4 Å². The molecule has 0 bridgehead atoms. The monoisotopic (exact) mass is 430 g/mol. The second-order valence-electron chi connectivity index (χ2n) is 0. The van der Waals surface area contributed by atoms with Crippen molar-refractivity contribution in [2.45, 2.75) is 0 Å². The van der Waals surface area contributed by atoms with Crippen LogP contribution in [0.3, 0.4) is 0 Å². The van der Waals surface area contributed by atoms with E-state index in [9.17, 15) is 0 Å². The Kier molecular flexibility index (Phi) is 495. The Morgan fingerprint density at radius 3 is 1.00 bits per heavy atom. The molecule has 0 aliphatic heterocycles. The van der Waals surface area contributed by atoms with Crippen LogP contribution in [0, 0.1) is 0 Å². The summed E-state index contributed by atoms with van der Waals surface area (Å²) >= 11 is 0. The fourth-order valence-corrected chi connectivity index (χ4v) is 0. The van der Waals surface area contributed by atoms with Crippen molar-refractivity contribution in [1.29, 1.82) is 0 Å². The molecule has 7 heavy (non-hydrogen) atoms. The Labute approximate surface area is 126 Å². The molecule has 0 aromatic rings. The first-order chi connectivity index (χ1) is 0. The van der Waals surface area contributed by atoms with Crippen molar-refractivity contribution in [3.05, 3.63) is 0 Å². The van der Waals surface area contributed by atoms with Gasteiger partial charge >= 0.3 is 17.6 Å². The largest absolute Gasteiger partial charge is 0 e. The Morgan fingerprint density at radius 1 is 1.00 bits per heavy atom. The van der Waals surface area contributed by atoms with E-state index >= 15 is 0 Å². The molecular formula is H7AlCuGeMnMoNiTi. The Morgan fingerprint density at radius 2 is 1.00 bits per heavy atom. The second-order valence-corrected chi connectivity index (χ2v) is 0. The summed E-state index contributed by atoms with van der Waals surface area (Å²) in [7, 11) is 0. The van der Waals surface area contributed by atoms with Crippen LogP contribution in [0.1, 0.15) is 0 Å². The third-order valence-corrected chi connectivity index (χ3v) is 0. The number of rotatable bonds is 0. The quantitative estimate of drug-likeness (QED) is 0.371. The van der Waals surface area contributed by atoms with Gasteiger partial charge in [0.05, 0.1) is 0 Å². The van der Waals surface area contributed by atoms with Crippen LogP contribution < -0.4 is 0 Å². The summed E-state index contributed by atoms with van der Waals surface area (Å²) in [4.78, 5) is 0. The maximum absolute atomic E-state index is 0. The molecule has 0 rings (SSSR count). The van der Waals surface area contributed by atoms with Crippen LogP contribution in [-0.4, -0.2) is 35.0 Å². The first-order valence-corrected chi connectivity index (χ1v) is 0. The van der Waals surface area contributed by atoms with Crippen molar-refractivity contribution in [3.8, 4) is 0 Å². The van der Waals surface area contributed by atoms with Crippen molar-refractivity contribution in [3.63, 3.8) is 0 Å². The molecule has 0 aliphatic rings. The minimum atomic E-state index is 0. The van der Waals surface area contributed by atoms with Crippen molar-refractivity contribution in [2.24, 2.45) is 0 Å². The van der Waals surface area contributed by atoms with Crippen LogP contribution in [0.5, 0.6) is 0 Å². The molecule has 0 fully saturated rings. The molecule has 2 radical (unpaired) electrons. The summed E-state index contributed by atoms with van der Waals surface area (Å²) in [5.74, 6) is 0. The van der Waals surface area contributed by atoms with E-state index < -0.39 is 0 Å². The summed E-state index contributed by atoms with van der Waals surface area (Å²) < 4.78 is 0. The molecule has 0 saturated heterocycles. The Bertz CT molecular complexity index is 19.7. The minimum Gasteiger partial charge on any atom is 0 e. The maximum Gasteiger partial charge on any atom is 0 e. The number of hydrogen-bond donors (Lipinski definition) is 0. The van der Waals surface area contributed by atoms with Gasteiger partial charge in [0.1, 0.15) is 0 Å². The molecule has 0 unspecified atom stereocenters. The standard InChI is InChI=1S/Al.Cu.GeH4.Mn.Mo.Ni.Ti.3H/h;;1H4;;;;;;;. The zero-order chi connectivity index (χ0) is 0. The van der Waals surface area contributed by atoms with Crippen LogP contribution in [0.2, 0.25) is 0 Å². The average Bonchev–Trinajstić information content (AvgIpc) is 0. The summed E-state index contributed by atoms with van der Waals surface area (Å²) in [5.41, 5.74) is 0. The molecule has 0 amide bonds. The summed E-state index contributed by atoms with van der Waals surface area (Å²) in [5, 5.41) is 0. The summed E-state index contributed by atoms with van der Waals surface area (Å²) in [6.45, 7) is 0. The molecule has 0 aromatic heterocycles. The molecule has 0 aliphatic carbocycles. The normalized spacial score (nSPS) is 0. The van der Waals surface area contributed by atoms with Gasteiger partial charge in [-0.1, -0.05) is 0 Å². The van der Waals surface area contributed by atoms with Crippen molar-refractivity contribution >= 4 is 35.0 Å². The predicted molar refractivity (Wildman–Crippen MR) is 21.3 cm³/mol. The van der Waals surface area contributed by atoms with Gasteiger partial charge in [0.15, 0.2) is 17.4 Å². The van der Waals surface area contributed by atoms with Crippen molar-refractivity contribution in [2.75, 3.05) is 0 Å². The summed E-state index contributed by atoms with van der Waals surface area (Å²) in [6.07, 6.45) is 0. The van der Waals surface area contributed by atoms with Gasteiger partial charge in [-0.15, -0.1) is 0 Å². The molecule has 0 nitrogen and oxygen atoms in total. The molecule has 0 spiro atoms. The van der Waals surface area contributed by atoms with E-state index in [4.69, 9.17) is 0 Å². The van der Waals surface area contributed by atoms with E-state index in [-0.39, 0.29) is 128 Å². The minimum absolute atomic E-state index is 0. The smallest absolute Gasteiger partial charge is 0 e. The molecule has 0 aromatic carbocycles. The summed E-state index contributed by atoms with van der Waals surface area (Å²) in [6, 6.07) is 0. The zero-order valence-electron chi connectivity index (χ0n) is 1.90. The Balaban J connectivity index is 0. The van der Waals surface area contributed by atoms with E-state index in [0.717, 1.165) is 0 Å². The van der Waals surface area contributed by atoms with Gasteiger partial charge in [0.2, 0.25) is 0 Å². The van der Waals surface area contributed by atoms with E-state index in [1.807, 2.05) is 0 Å². The third-order valence-electron chi connectivity index (χ3n) is 0. The van der Waals surface area contributed by atoms with Gasteiger partial charge < -0.3 is 0 Å². The topological polar surface area (TPSA) is 0 Å². The average molecular weight is 428 g/mol. The molecule has 52 valence electrons. The Hall–Kier alpha value is 4.01. The first-order valence-electron chi connectivity index (χ1n) is 0. The van der Waals surface area contributed by atoms with Gasteiger partial charge in [-0.25, -0.2) is 0 Å². The third kappa shape index (κ3) is 39.9. The number of hydrogen-bond acceptors (Lipinski definition) is 0. The molecule has 0 saturated carbocycles. The van der Waals surface area contributed by atoms with Crippen LogP contribution in [-0.2, 0) is 93.4 Å². The maximum atomic E-state index is 0. The molecule has 0 N–H and O–H groups in total. The fourth-order valence-electron chi connectivity index (χ4n) is 0. The van der Waals surface area contributed by atoms with Gasteiger partial charge in [-0.05, 0) is 0 Å². The molecular weight excluding hydrogens is 421 g/mol. The van der Waals surface area contributed by atoms with Crippen LogP contribution in [0.25, 0.3) is 0 Å². The zero-order valence-corrected chi connectivity index (χ0v) is 8.58. The molecule has 0 heterocycles. The SMILES string of the molecule is [AlH3].[Cu].[GeH4].[Mn].[Mo].[Ni].[Ti]. The van der Waals surface area contributed by atoms with Gasteiger partial charge in [-0.2, -0.15) is 0 Å². The van der Waals surface area contributed by atoms with Crippen molar-refractivity contribution in [1.82, 2.24) is 0 Å². The van der Waals surface area contributed by atoms with Crippen molar-refractivity contribution < 1.29 is 93.4 Å². The van der Waals surface area contributed by atoms with Gasteiger partial charge in [0.25, 0.3) is 0 Å². The van der Waals surface area contributed by atoms with E-state index in [1.54, 1.807) is 0 Å². The molecule has 0 atom stereocenters. The van der Waals surface area contributed by atoms with Crippen LogP contribution in [0.15, 0.2) is 0 Å². The first kappa shape index (κ1) is 68.6. The molecule has 7 heteroatoms. The predicted octanol–water partition coefficient (Wildman–Crippen LogP) is -2.65. The van der Waals surface area contributed by atoms with E-state index in [0.29, 0.717) is 0 Å². The second kappa shape index (κ2) is 50.5. The van der Waals surface area contributed by atoms with E-state index in [1.165, 1.54) is 0 Å².